The van der Waals surface area contributed by atoms with Gasteiger partial charge < -0.3 is 14.4 Å². The average molecular weight is 365 g/mol. The fourth-order valence-electron chi connectivity index (χ4n) is 2.75. The lowest BCUT2D eigenvalue weighted by Gasteiger charge is -2.16. The van der Waals surface area contributed by atoms with Gasteiger partial charge in [0.15, 0.2) is 11.4 Å². The Morgan fingerprint density at radius 1 is 1.11 bits per heavy atom. The van der Waals surface area contributed by atoms with E-state index in [4.69, 9.17) is 9.47 Å². The summed E-state index contributed by atoms with van der Waals surface area (Å²) in [7, 11) is 3.29. The third-order valence-corrected chi connectivity index (χ3v) is 4.12. The highest BCUT2D eigenvalue weighted by Crippen LogP contribution is 2.22. The van der Waals surface area contributed by atoms with Crippen molar-refractivity contribution < 1.29 is 14.3 Å². The second-order valence-corrected chi connectivity index (χ2v) is 6.06. The van der Waals surface area contributed by atoms with E-state index in [-0.39, 0.29) is 11.6 Å². The second-order valence-electron chi connectivity index (χ2n) is 6.06. The summed E-state index contributed by atoms with van der Waals surface area (Å²) in [5.41, 5.74) is 2.16. The van der Waals surface area contributed by atoms with E-state index in [0.29, 0.717) is 18.9 Å². The summed E-state index contributed by atoms with van der Waals surface area (Å²) in [6.07, 6.45) is 1.72. The summed E-state index contributed by atoms with van der Waals surface area (Å²) in [4.78, 5) is 14.5. The third kappa shape index (κ3) is 4.28. The molecule has 6 heteroatoms. The lowest BCUT2D eigenvalue weighted by Crippen LogP contribution is -2.27. The Morgan fingerprint density at radius 2 is 1.81 bits per heavy atom. The highest BCUT2D eigenvalue weighted by atomic mass is 16.5. The van der Waals surface area contributed by atoms with Crippen LogP contribution in [0.25, 0.3) is 5.69 Å². The molecular formula is C21H23N3O3. The van der Waals surface area contributed by atoms with E-state index in [1.807, 2.05) is 61.5 Å². The van der Waals surface area contributed by atoms with E-state index in [2.05, 4.69) is 5.10 Å². The smallest absolute Gasteiger partial charge is 0.278 e. The van der Waals surface area contributed by atoms with Gasteiger partial charge in [-0.1, -0.05) is 30.3 Å². The number of benzene rings is 2. The molecule has 0 N–H and O–H groups in total. The first-order valence-corrected chi connectivity index (χ1v) is 8.78. The molecule has 1 aromatic heterocycles. The Bertz CT molecular complexity index is 889. The van der Waals surface area contributed by atoms with Gasteiger partial charge in [0.05, 0.1) is 25.6 Å². The molecule has 3 rings (SSSR count). The molecule has 0 aliphatic carbocycles. The number of methoxy groups -OCH3 is 1. The van der Waals surface area contributed by atoms with Gasteiger partial charge in [0, 0.05) is 13.6 Å². The van der Waals surface area contributed by atoms with Gasteiger partial charge in [0.2, 0.25) is 0 Å². The molecule has 140 valence electrons. The number of carbonyl (C=O) groups excluding carboxylic acids is 1. The quantitative estimate of drug-likeness (QED) is 0.642. The fourth-order valence-corrected chi connectivity index (χ4v) is 2.75. The van der Waals surface area contributed by atoms with E-state index in [9.17, 15) is 4.79 Å². The topological polar surface area (TPSA) is 56.6 Å². The number of nitrogens with zero attached hydrogens (tertiary/aromatic N) is 3. The van der Waals surface area contributed by atoms with E-state index in [1.54, 1.807) is 22.8 Å². The molecule has 6 nitrogen and oxygen atoms in total. The first-order chi connectivity index (χ1) is 13.1. The Balaban J connectivity index is 1.77. The van der Waals surface area contributed by atoms with Gasteiger partial charge in [-0.2, -0.15) is 5.10 Å². The normalized spacial score (nSPS) is 10.5. The number of hydrogen-bond donors (Lipinski definition) is 0. The van der Waals surface area contributed by atoms with Crippen LogP contribution in [0.2, 0.25) is 0 Å². The van der Waals surface area contributed by atoms with Crippen LogP contribution in [0.1, 0.15) is 23.0 Å². The van der Waals surface area contributed by atoms with Gasteiger partial charge in [0.1, 0.15) is 5.75 Å². The van der Waals surface area contributed by atoms with Crippen LogP contribution in [-0.2, 0) is 6.54 Å². The fraction of sp³-hybridized carbons (Fsp3) is 0.238. The maximum Gasteiger partial charge on any atom is 0.278 e. The summed E-state index contributed by atoms with van der Waals surface area (Å²) in [5.74, 6) is 1.07. The molecule has 0 fully saturated rings. The maximum absolute atomic E-state index is 12.9. The number of carbonyl (C=O) groups is 1. The molecule has 0 saturated heterocycles. The minimum Gasteiger partial charge on any atom is -0.494 e. The third-order valence-electron chi connectivity index (χ3n) is 4.12. The van der Waals surface area contributed by atoms with Crippen LogP contribution in [0.5, 0.6) is 11.5 Å². The summed E-state index contributed by atoms with van der Waals surface area (Å²) in [6, 6.07) is 17.3. The van der Waals surface area contributed by atoms with Crippen molar-refractivity contribution in [3.8, 4) is 17.2 Å². The Hall–Kier alpha value is -3.28. The van der Waals surface area contributed by atoms with Crippen molar-refractivity contribution in [3.63, 3.8) is 0 Å². The van der Waals surface area contributed by atoms with Crippen LogP contribution in [0, 0.1) is 0 Å². The van der Waals surface area contributed by atoms with Gasteiger partial charge >= 0.3 is 0 Å². The summed E-state index contributed by atoms with van der Waals surface area (Å²) in [6.45, 7) is 3.04. The van der Waals surface area contributed by atoms with Crippen LogP contribution in [0.3, 0.4) is 0 Å². The molecule has 0 aliphatic heterocycles. The zero-order valence-electron chi connectivity index (χ0n) is 15.8. The Morgan fingerprint density at radius 3 is 2.44 bits per heavy atom. The molecule has 27 heavy (non-hydrogen) atoms. The zero-order valence-corrected chi connectivity index (χ0v) is 15.8. The van der Waals surface area contributed by atoms with Crippen LogP contribution in [0.4, 0.5) is 0 Å². The number of hydrogen-bond acceptors (Lipinski definition) is 4. The van der Waals surface area contributed by atoms with Crippen molar-refractivity contribution in [3.05, 3.63) is 72.1 Å². The molecule has 0 radical (unpaired) electrons. The summed E-state index contributed by atoms with van der Waals surface area (Å²) >= 11 is 0. The van der Waals surface area contributed by atoms with Gasteiger partial charge in [0.25, 0.3) is 5.91 Å². The SMILES string of the molecule is CCOc1ccc(CN(C)C(=O)c2nn(-c3ccccc3)cc2OC)cc1. The second kappa shape index (κ2) is 8.40. The van der Waals surface area contributed by atoms with Crippen molar-refractivity contribution in [2.75, 3.05) is 20.8 Å². The minimum absolute atomic E-state index is 0.199. The lowest BCUT2D eigenvalue weighted by atomic mass is 10.2. The molecule has 0 spiro atoms. The van der Waals surface area contributed by atoms with E-state index in [0.717, 1.165) is 17.0 Å². The van der Waals surface area contributed by atoms with Crippen LogP contribution in [0.15, 0.2) is 60.8 Å². The molecule has 2 aromatic carbocycles. The standard InChI is InChI=1S/C21H23N3O3/c1-4-27-18-12-10-16(11-13-18)14-23(2)21(25)20-19(26-3)15-24(22-20)17-8-6-5-7-9-17/h5-13,15H,4,14H2,1-3H3. The van der Waals surface area contributed by atoms with Gasteiger partial charge in [-0.25, -0.2) is 4.68 Å². The molecular weight excluding hydrogens is 342 g/mol. The van der Waals surface area contributed by atoms with Crippen molar-refractivity contribution in [1.82, 2.24) is 14.7 Å². The number of para-hydroxylation sites is 1. The number of amides is 1. The van der Waals surface area contributed by atoms with E-state index in [1.165, 1.54) is 7.11 Å². The molecule has 0 atom stereocenters. The number of ether oxygens (including phenoxy) is 2. The molecule has 0 unspecified atom stereocenters. The minimum atomic E-state index is -0.199. The molecule has 0 saturated carbocycles. The van der Waals surface area contributed by atoms with Crippen LogP contribution in [-0.4, -0.2) is 41.4 Å². The maximum atomic E-state index is 12.9. The van der Waals surface area contributed by atoms with E-state index >= 15 is 0 Å². The number of aromatic nitrogens is 2. The number of rotatable bonds is 7. The first kappa shape index (κ1) is 18.5. The van der Waals surface area contributed by atoms with Crippen molar-refractivity contribution >= 4 is 5.91 Å². The monoisotopic (exact) mass is 365 g/mol. The van der Waals surface area contributed by atoms with Crippen molar-refractivity contribution in [1.29, 1.82) is 0 Å². The van der Waals surface area contributed by atoms with Crippen LogP contribution < -0.4 is 9.47 Å². The molecule has 0 bridgehead atoms. The lowest BCUT2D eigenvalue weighted by molar-refractivity contribution is 0.0775. The summed E-state index contributed by atoms with van der Waals surface area (Å²) < 4.78 is 12.5. The van der Waals surface area contributed by atoms with Gasteiger partial charge in [-0.05, 0) is 36.8 Å². The van der Waals surface area contributed by atoms with Gasteiger partial charge in [-0.15, -0.1) is 0 Å². The molecule has 3 aromatic rings. The van der Waals surface area contributed by atoms with Crippen molar-refractivity contribution in [2.24, 2.45) is 0 Å². The first-order valence-electron chi connectivity index (χ1n) is 8.78. The average Bonchev–Trinajstić information content (AvgIpc) is 3.14. The predicted molar refractivity (Wildman–Crippen MR) is 104 cm³/mol. The molecule has 1 heterocycles. The largest absolute Gasteiger partial charge is 0.494 e. The Labute approximate surface area is 158 Å². The zero-order chi connectivity index (χ0) is 19.2. The van der Waals surface area contributed by atoms with Gasteiger partial charge in [-0.3, -0.25) is 4.79 Å². The molecule has 1 amide bonds. The van der Waals surface area contributed by atoms with Crippen molar-refractivity contribution in [2.45, 2.75) is 13.5 Å². The molecule has 0 aliphatic rings. The Kier molecular flexibility index (Phi) is 5.76. The highest BCUT2D eigenvalue weighted by Gasteiger charge is 2.22. The predicted octanol–water partition coefficient (Wildman–Crippen LogP) is 3.55. The van der Waals surface area contributed by atoms with E-state index < -0.39 is 0 Å². The highest BCUT2D eigenvalue weighted by molar-refractivity contribution is 5.94. The summed E-state index contributed by atoms with van der Waals surface area (Å²) in [5, 5.41) is 4.43. The van der Waals surface area contributed by atoms with Crippen LogP contribution >= 0.6 is 0 Å².